The Morgan fingerprint density at radius 2 is 2.03 bits per heavy atom. The molecule has 1 aromatic heterocycles. The number of nitrogens with one attached hydrogen (secondary N) is 1. The fourth-order valence-corrected chi connectivity index (χ4v) is 4.80. The number of nitrogens with zero attached hydrogens (tertiary/aromatic N) is 1. The van der Waals surface area contributed by atoms with Gasteiger partial charge in [-0.2, -0.15) is 0 Å². The Balaban J connectivity index is 1.84. The van der Waals surface area contributed by atoms with Gasteiger partial charge in [0.15, 0.2) is 0 Å². The van der Waals surface area contributed by atoms with Crippen molar-refractivity contribution in [3.63, 3.8) is 0 Å². The van der Waals surface area contributed by atoms with Crippen LogP contribution in [0.15, 0.2) is 54.4 Å². The molecule has 1 aromatic carbocycles. The van der Waals surface area contributed by atoms with Gasteiger partial charge >= 0.3 is 0 Å². The molecule has 1 fully saturated rings. The number of likely N-dealkylation sites (tertiary alicyclic amines) is 1. The fourth-order valence-electron chi connectivity index (χ4n) is 4.07. The Bertz CT molecular complexity index is 842. The third kappa shape index (κ3) is 4.96. The second-order valence-corrected chi connectivity index (χ2v) is 9.10. The van der Waals surface area contributed by atoms with E-state index in [-0.39, 0.29) is 17.7 Å². The molecule has 2 heterocycles. The van der Waals surface area contributed by atoms with Crippen LogP contribution >= 0.6 is 11.3 Å². The highest BCUT2D eigenvalue weighted by Crippen LogP contribution is 2.35. The van der Waals surface area contributed by atoms with Crippen molar-refractivity contribution in [2.45, 2.75) is 33.1 Å². The molecule has 154 valence electrons. The summed E-state index contributed by atoms with van der Waals surface area (Å²) >= 11 is 1.72. The molecule has 0 bridgehead atoms. The quantitative estimate of drug-likeness (QED) is 0.682. The summed E-state index contributed by atoms with van der Waals surface area (Å²) in [6.07, 6.45) is 3.95. The lowest BCUT2D eigenvalue weighted by molar-refractivity contribution is -0.143. The average Bonchev–Trinajstić information content (AvgIpc) is 3.27. The highest BCUT2D eigenvalue weighted by Gasteiger charge is 2.43. The normalized spacial score (nSPS) is 19.2. The molecule has 2 amide bonds. The van der Waals surface area contributed by atoms with E-state index in [4.69, 9.17) is 0 Å². The minimum atomic E-state index is -0.601. The van der Waals surface area contributed by atoms with Crippen molar-refractivity contribution in [3.05, 3.63) is 60.0 Å². The van der Waals surface area contributed by atoms with Crippen molar-refractivity contribution >= 4 is 23.2 Å². The van der Waals surface area contributed by atoms with Gasteiger partial charge in [-0.05, 0) is 41.8 Å². The van der Waals surface area contributed by atoms with E-state index in [0.717, 1.165) is 24.9 Å². The topological polar surface area (TPSA) is 49.4 Å². The summed E-state index contributed by atoms with van der Waals surface area (Å²) in [5, 5.41) is 5.07. The first-order chi connectivity index (χ1) is 13.9. The van der Waals surface area contributed by atoms with Crippen molar-refractivity contribution in [2.75, 3.05) is 19.6 Å². The van der Waals surface area contributed by atoms with Gasteiger partial charge in [-0.3, -0.25) is 9.59 Å². The molecule has 1 N–H and O–H groups in total. The first-order valence-electron chi connectivity index (χ1n) is 10.3. The first-order valence-corrected chi connectivity index (χ1v) is 11.1. The van der Waals surface area contributed by atoms with E-state index in [2.05, 4.69) is 53.7 Å². The number of carbonyl (C=O) groups is 2. The lowest BCUT2D eigenvalue weighted by atomic mass is 9.74. The largest absolute Gasteiger partial charge is 0.352 e. The smallest absolute Gasteiger partial charge is 0.228 e. The van der Waals surface area contributed by atoms with E-state index in [1.807, 2.05) is 18.7 Å². The summed E-state index contributed by atoms with van der Waals surface area (Å²) < 4.78 is 0. The minimum absolute atomic E-state index is 0.0148. The van der Waals surface area contributed by atoms with Gasteiger partial charge in [0.05, 0.1) is 5.41 Å². The Morgan fingerprint density at radius 1 is 1.28 bits per heavy atom. The lowest BCUT2D eigenvalue weighted by Crippen LogP contribution is -2.55. The van der Waals surface area contributed by atoms with Crippen LogP contribution in [-0.4, -0.2) is 36.3 Å². The molecule has 0 radical (unpaired) electrons. The van der Waals surface area contributed by atoms with Crippen LogP contribution in [0, 0.1) is 11.3 Å². The summed E-state index contributed by atoms with van der Waals surface area (Å²) in [5.74, 6) is 0.0757. The molecule has 1 unspecified atom stereocenters. The van der Waals surface area contributed by atoms with Gasteiger partial charge in [0, 0.05) is 30.4 Å². The third-order valence-corrected chi connectivity index (χ3v) is 6.49. The summed E-state index contributed by atoms with van der Waals surface area (Å²) in [5.41, 5.74) is 1.71. The van der Waals surface area contributed by atoms with Crippen molar-refractivity contribution in [1.82, 2.24) is 10.2 Å². The number of rotatable bonds is 7. The summed E-state index contributed by atoms with van der Waals surface area (Å²) in [6.45, 7) is 9.18. The van der Waals surface area contributed by atoms with E-state index in [1.54, 1.807) is 17.4 Å². The Hall–Kier alpha value is -2.40. The van der Waals surface area contributed by atoms with Crippen molar-refractivity contribution < 1.29 is 9.59 Å². The summed E-state index contributed by atoms with van der Waals surface area (Å²) in [7, 11) is 0. The second-order valence-electron chi connectivity index (χ2n) is 8.15. The van der Waals surface area contributed by atoms with Crippen LogP contribution < -0.4 is 5.32 Å². The SMILES string of the molecule is C=CCNC(=O)C1(Cc2ccc(-c3cccs3)cc2)CCCN(C(=O)C(C)C)C1. The average molecular weight is 411 g/mol. The number of hydrogen-bond acceptors (Lipinski definition) is 3. The van der Waals surface area contributed by atoms with Crippen LogP contribution in [0.25, 0.3) is 10.4 Å². The predicted molar refractivity (Wildman–Crippen MR) is 120 cm³/mol. The molecular weight excluding hydrogens is 380 g/mol. The van der Waals surface area contributed by atoms with Gasteiger partial charge < -0.3 is 10.2 Å². The Morgan fingerprint density at radius 3 is 2.66 bits per heavy atom. The highest BCUT2D eigenvalue weighted by atomic mass is 32.1. The molecule has 1 saturated heterocycles. The Kier molecular flexibility index (Phi) is 6.91. The van der Waals surface area contributed by atoms with E-state index in [1.165, 1.54) is 10.4 Å². The monoisotopic (exact) mass is 410 g/mol. The number of hydrogen-bond donors (Lipinski definition) is 1. The molecule has 29 heavy (non-hydrogen) atoms. The van der Waals surface area contributed by atoms with Gasteiger partial charge in [0.1, 0.15) is 0 Å². The molecule has 5 heteroatoms. The molecule has 4 nitrogen and oxygen atoms in total. The second kappa shape index (κ2) is 9.40. The van der Waals surface area contributed by atoms with Crippen LogP contribution in [0.2, 0.25) is 0 Å². The van der Waals surface area contributed by atoms with Gasteiger partial charge in [0.25, 0.3) is 0 Å². The van der Waals surface area contributed by atoms with E-state index >= 15 is 0 Å². The zero-order valence-corrected chi connectivity index (χ0v) is 18.1. The molecule has 3 rings (SSSR count). The first kappa shape index (κ1) is 21.3. The molecule has 0 saturated carbocycles. The van der Waals surface area contributed by atoms with Crippen LogP contribution in [0.1, 0.15) is 32.3 Å². The molecule has 1 aliphatic heterocycles. The standard InChI is InChI=1S/C24H30N2O2S/c1-4-13-25-23(28)24(12-6-14-26(17-24)22(27)18(2)3)16-19-8-10-20(11-9-19)21-7-5-15-29-21/h4-5,7-11,15,18H,1,6,12-14,16-17H2,2-3H3,(H,25,28). The van der Waals surface area contributed by atoms with Crippen LogP contribution in [0.3, 0.4) is 0 Å². The Labute approximate surface area is 177 Å². The number of thiophene rings is 1. The van der Waals surface area contributed by atoms with Gasteiger partial charge in [0.2, 0.25) is 11.8 Å². The summed E-state index contributed by atoms with van der Waals surface area (Å²) in [4.78, 5) is 28.9. The molecule has 0 spiro atoms. The van der Waals surface area contributed by atoms with Gasteiger partial charge in [-0.1, -0.05) is 50.3 Å². The van der Waals surface area contributed by atoms with Crippen LogP contribution in [0.4, 0.5) is 0 Å². The number of amides is 2. The molecular formula is C24H30N2O2S. The molecule has 1 aliphatic rings. The van der Waals surface area contributed by atoms with E-state index in [9.17, 15) is 9.59 Å². The van der Waals surface area contributed by atoms with Gasteiger partial charge in [-0.25, -0.2) is 0 Å². The van der Waals surface area contributed by atoms with Crippen molar-refractivity contribution in [3.8, 4) is 10.4 Å². The summed E-state index contributed by atoms with van der Waals surface area (Å²) in [6, 6.07) is 12.6. The lowest BCUT2D eigenvalue weighted by Gasteiger charge is -2.42. The van der Waals surface area contributed by atoms with Crippen LogP contribution in [-0.2, 0) is 16.0 Å². The minimum Gasteiger partial charge on any atom is -0.352 e. The zero-order valence-electron chi connectivity index (χ0n) is 17.3. The van der Waals surface area contributed by atoms with Crippen molar-refractivity contribution in [2.24, 2.45) is 11.3 Å². The van der Waals surface area contributed by atoms with E-state index < -0.39 is 5.41 Å². The van der Waals surface area contributed by atoms with Crippen molar-refractivity contribution in [1.29, 1.82) is 0 Å². The number of carbonyl (C=O) groups excluding carboxylic acids is 2. The predicted octanol–water partition coefficient (Wildman–Crippen LogP) is 4.52. The maximum Gasteiger partial charge on any atom is 0.228 e. The zero-order chi connectivity index (χ0) is 20.9. The maximum atomic E-state index is 13.2. The fraction of sp³-hybridized carbons (Fsp3) is 0.417. The number of benzene rings is 1. The van der Waals surface area contributed by atoms with Crippen LogP contribution in [0.5, 0.6) is 0 Å². The van der Waals surface area contributed by atoms with Gasteiger partial charge in [-0.15, -0.1) is 17.9 Å². The maximum absolute atomic E-state index is 13.2. The molecule has 0 aliphatic carbocycles. The molecule has 2 aromatic rings. The highest BCUT2D eigenvalue weighted by molar-refractivity contribution is 7.13. The number of piperidine rings is 1. The van der Waals surface area contributed by atoms with E-state index in [0.29, 0.717) is 19.5 Å². The third-order valence-electron chi connectivity index (χ3n) is 5.57. The molecule has 1 atom stereocenters.